The van der Waals surface area contributed by atoms with Gasteiger partial charge in [-0.3, -0.25) is 24.1 Å². The van der Waals surface area contributed by atoms with E-state index in [-0.39, 0.29) is 49.2 Å². The summed E-state index contributed by atoms with van der Waals surface area (Å²) in [5.41, 5.74) is 2.65. The van der Waals surface area contributed by atoms with Crippen LogP contribution in [0.5, 0.6) is 0 Å². The molecule has 0 bridgehead atoms. The minimum Gasteiger partial charge on any atom is -0.352 e. The van der Waals surface area contributed by atoms with Crippen LogP contribution < -0.4 is 5.32 Å². The van der Waals surface area contributed by atoms with E-state index in [4.69, 9.17) is 0 Å². The molecule has 0 saturated heterocycles. The Hall–Kier alpha value is -4.26. The van der Waals surface area contributed by atoms with Crippen molar-refractivity contribution in [2.45, 2.75) is 51.7 Å². The number of rotatable bonds is 11. The molecular weight excluding hydrogens is 478 g/mol. The summed E-state index contributed by atoms with van der Waals surface area (Å²) in [4.78, 5) is 55.3. The van der Waals surface area contributed by atoms with E-state index in [9.17, 15) is 19.2 Å². The third-order valence-corrected chi connectivity index (χ3v) is 6.55. The maximum Gasteiger partial charge on any atom is 0.261 e. The lowest BCUT2D eigenvalue weighted by Crippen LogP contribution is -2.51. The number of benzene rings is 3. The molecule has 0 saturated carbocycles. The van der Waals surface area contributed by atoms with E-state index in [0.717, 1.165) is 11.1 Å². The molecule has 1 unspecified atom stereocenters. The first-order chi connectivity index (χ1) is 18.3. The molecular formula is C31H33N3O4. The van der Waals surface area contributed by atoms with Gasteiger partial charge in [-0.05, 0) is 43.5 Å². The van der Waals surface area contributed by atoms with Gasteiger partial charge in [0.1, 0.15) is 6.04 Å². The first-order valence-electron chi connectivity index (χ1n) is 13.0. The summed E-state index contributed by atoms with van der Waals surface area (Å²) in [5, 5.41) is 2.98. The van der Waals surface area contributed by atoms with Crippen molar-refractivity contribution in [3.63, 3.8) is 0 Å². The molecule has 1 aliphatic rings. The highest BCUT2D eigenvalue weighted by Gasteiger charge is 2.35. The van der Waals surface area contributed by atoms with E-state index in [1.165, 1.54) is 4.90 Å². The summed E-state index contributed by atoms with van der Waals surface area (Å²) in [6.45, 7) is 4.19. The summed E-state index contributed by atoms with van der Waals surface area (Å²) in [5.74, 6) is -1.09. The lowest BCUT2D eigenvalue weighted by molar-refractivity contribution is -0.141. The van der Waals surface area contributed by atoms with Gasteiger partial charge >= 0.3 is 0 Å². The number of nitrogens with one attached hydrogen (secondary N) is 1. The number of carbonyl (C=O) groups is 4. The van der Waals surface area contributed by atoms with Gasteiger partial charge in [0.05, 0.1) is 11.1 Å². The zero-order valence-corrected chi connectivity index (χ0v) is 21.8. The van der Waals surface area contributed by atoms with Gasteiger partial charge in [-0.15, -0.1) is 0 Å². The minimum absolute atomic E-state index is 0.0803. The Labute approximate surface area is 223 Å². The van der Waals surface area contributed by atoms with Gasteiger partial charge in [0.15, 0.2) is 0 Å². The smallest absolute Gasteiger partial charge is 0.261 e. The van der Waals surface area contributed by atoms with Crippen LogP contribution in [0.15, 0.2) is 84.9 Å². The van der Waals surface area contributed by atoms with E-state index < -0.39 is 6.04 Å². The maximum absolute atomic E-state index is 13.7. The topological polar surface area (TPSA) is 86.8 Å². The summed E-state index contributed by atoms with van der Waals surface area (Å²) in [7, 11) is 0. The van der Waals surface area contributed by atoms with Crippen molar-refractivity contribution < 1.29 is 19.2 Å². The molecule has 7 heteroatoms. The van der Waals surface area contributed by atoms with Crippen molar-refractivity contribution in [2.24, 2.45) is 0 Å². The van der Waals surface area contributed by atoms with Gasteiger partial charge in [-0.25, -0.2) is 0 Å². The Morgan fingerprint density at radius 1 is 0.789 bits per heavy atom. The molecule has 1 N–H and O–H groups in total. The molecule has 0 aliphatic carbocycles. The summed E-state index contributed by atoms with van der Waals surface area (Å²) in [6.07, 6.45) is 0.774. The Balaban J connectivity index is 1.52. The van der Waals surface area contributed by atoms with E-state index in [0.29, 0.717) is 24.0 Å². The van der Waals surface area contributed by atoms with Crippen molar-refractivity contribution >= 4 is 23.6 Å². The van der Waals surface area contributed by atoms with Crippen LogP contribution in [0.3, 0.4) is 0 Å². The SMILES string of the molecule is CC(C)NC(=O)C(Cc1ccccc1)N(Cc1ccccc1)C(=O)CCCN1C(=O)c2ccccc2C1=O. The second kappa shape index (κ2) is 12.3. The molecule has 4 rings (SSSR count). The van der Waals surface area contributed by atoms with Crippen LogP contribution in [-0.2, 0) is 22.6 Å². The molecule has 0 fully saturated rings. The van der Waals surface area contributed by atoms with Crippen LogP contribution in [0.1, 0.15) is 58.5 Å². The average Bonchev–Trinajstić information content (AvgIpc) is 3.16. The number of carbonyl (C=O) groups excluding carboxylic acids is 4. The average molecular weight is 512 g/mol. The van der Waals surface area contributed by atoms with Crippen molar-refractivity contribution in [2.75, 3.05) is 6.54 Å². The first-order valence-corrected chi connectivity index (χ1v) is 13.0. The van der Waals surface area contributed by atoms with Gasteiger partial charge in [-0.2, -0.15) is 0 Å². The van der Waals surface area contributed by atoms with Crippen LogP contribution in [0.25, 0.3) is 0 Å². The molecule has 1 atom stereocenters. The van der Waals surface area contributed by atoms with Crippen LogP contribution >= 0.6 is 0 Å². The van der Waals surface area contributed by atoms with Crippen LogP contribution in [0, 0.1) is 0 Å². The first kappa shape index (κ1) is 26.8. The zero-order valence-electron chi connectivity index (χ0n) is 21.8. The van der Waals surface area contributed by atoms with Crippen molar-refractivity contribution in [1.82, 2.24) is 15.1 Å². The molecule has 38 heavy (non-hydrogen) atoms. The molecule has 7 nitrogen and oxygen atoms in total. The summed E-state index contributed by atoms with van der Waals surface area (Å²) < 4.78 is 0. The Bertz CT molecular complexity index is 1260. The van der Waals surface area contributed by atoms with E-state index >= 15 is 0 Å². The molecule has 3 aromatic rings. The Morgan fingerprint density at radius 3 is 1.87 bits per heavy atom. The van der Waals surface area contributed by atoms with Crippen LogP contribution in [0.2, 0.25) is 0 Å². The van der Waals surface area contributed by atoms with Gasteiger partial charge in [-0.1, -0.05) is 72.8 Å². The number of amides is 4. The third-order valence-electron chi connectivity index (χ3n) is 6.55. The van der Waals surface area contributed by atoms with E-state index in [1.54, 1.807) is 29.2 Å². The standard InChI is InChI=1S/C31H33N3O4/c1-22(2)32-29(36)27(20-23-12-5-3-6-13-23)34(21-24-14-7-4-8-15-24)28(35)18-11-19-33-30(37)25-16-9-10-17-26(25)31(33)38/h3-10,12-17,22,27H,11,18-21H2,1-2H3,(H,32,36). The second-order valence-corrected chi connectivity index (χ2v) is 9.79. The van der Waals surface area contributed by atoms with Crippen molar-refractivity contribution in [3.05, 3.63) is 107 Å². The highest BCUT2D eigenvalue weighted by atomic mass is 16.2. The lowest BCUT2D eigenvalue weighted by Gasteiger charge is -2.32. The maximum atomic E-state index is 13.7. The number of imide groups is 1. The van der Waals surface area contributed by atoms with Crippen molar-refractivity contribution in [1.29, 1.82) is 0 Å². The van der Waals surface area contributed by atoms with E-state index in [1.807, 2.05) is 74.5 Å². The molecule has 1 heterocycles. The van der Waals surface area contributed by atoms with Crippen LogP contribution in [0.4, 0.5) is 0 Å². The summed E-state index contributed by atoms with van der Waals surface area (Å²) in [6, 6.07) is 25.2. The lowest BCUT2D eigenvalue weighted by atomic mass is 10.0. The molecule has 0 spiro atoms. The fraction of sp³-hybridized carbons (Fsp3) is 0.290. The normalized spacial score (nSPS) is 13.4. The van der Waals surface area contributed by atoms with Gasteiger partial charge in [0.2, 0.25) is 11.8 Å². The van der Waals surface area contributed by atoms with Gasteiger partial charge < -0.3 is 10.2 Å². The molecule has 3 aromatic carbocycles. The van der Waals surface area contributed by atoms with Gasteiger partial charge in [0, 0.05) is 32.0 Å². The highest BCUT2D eigenvalue weighted by molar-refractivity contribution is 6.21. The summed E-state index contributed by atoms with van der Waals surface area (Å²) >= 11 is 0. The monoisotopic (exact) mass is 511 g/mol. The Morgan fingerprint density at radius 2 is 1.32 bits per heavy atom. The predicted molar refractivity (Wildman–Crippen MR) is 145 cm³/mol. The van der Waals surface area contributed by atoms with Crippen molar-refractivity contribution in [3.8, 4) is 0 Å². The quantitative estimate of drug-likeness (QED) is 0.391. The predicted octanol–water partition coefficient (Wildman–Crippen LogP) is 4.23. The zero-order chi connectivity index (χ0) is 27.1. The number of nitrogens with zero attached hydrogens (tertiary/aromatic N) is 2. The van der Waals surface area contributed by atoms with Gasteiger partial charge in [0.25, 0.3) is 11.8 Å². The highest BCUT2D eigenvalue weighted by Crippen LogP contribution is 2.23. The fourth-order valence-electron chi connectivity index (χ4n) is 4.69. The minimum atomic E-state index is -0.716. The third kappa shape index (κ3) is 6.35. The molecule has 4 amide bonds. The fourth-order valence-corrected chi connectivity index (χ4v) is 4.69. The molecule has 0 aromatic heterocycles. The second-order valence-electron chi connectivity index (χ2n) is 9.79. The van der Waals surface area contributed by atoms with Crippen LogP contribution in [-0.4, -0.2) is 52.1 Å². The molecule has 1 aliphatic heterocycles. The largest absolute Gasteiger partial charge is 0.352 e. The Kier molecular flexibility index (Phi) is 8.69. The number of fused-ring (bicyclic) bond motifs is 1. The number of hydrogen-bond donors (Lipinski definition) is 1. The molecule has 0 radical (unpaired) electrons. The number of hydrogen-bond acceptors (Lipinski definition) is 4. The van der Waals surface area contributed by atoms with E-state index in [2.05, 4.69) is 5.32 Å². The molecule has 196 valence electrons.